The molecule has 0 aliphatic rings. The fraction of sp³-hybridized carbons (Fsp3) is 0.444. The van der Waals surface area contributed by atoms with Gasteiger partial charge in [0.1, 0.15) is 4.88 Å². The first-order valence-electron chi connectivity index (χ1n) is 8.09. The average molecular weight is 348 g/mol. The van der Waals surface area contributed by atoms with E-state index >= 15 is 0 Å². The molecule has 1 N–H and O–H groups in total. The normalized spacial score (nSPS) is 13.3. The smallest absolute Gasteiger partial charge is 0.350 e. The molecule has 0 aliphatic heterocycles. The number of aliphatic hydroxyl groups is 1. The van der Waals surface area contributed by atoms with Crippen LogP contribution >= 0.6 is 11.3 Å². The molecule has 1 heterocycles. The number of carbonyl (C=O) groups is 1. The lowest BCUT2D eigenvalue weighted by molar-refractivity contribution is 0.0531. The Bertz CT molecular complexity index is 655. The number of anilines is 1. The quantitative estimate of drug-likeness (QED) is 0.740. The highest BCUT2D eigenvalue weighted by molar-refractivity contribution is 7.17. The van der Waals surface area contributed by atoms with Crippen molar-refractivity contribution >= 4 is 22.4 Å². The minimum Gasteiger partial charge on any atom is -0.462 e. The third-order valence-corrected chi connectivity index (χ3v) is 4.79. The molecule has 6 heteroatoms. The Balaban J connectivity index is 2.23. The molecular weight excluding hydrogens is 324 g/mol. The molecule has 1 aromatic heterocycles. The third kappa shape index (κ3) is 5.04. The second-order valence-electron chi connectivity index (χ2n) is 5.92. The maximum Gasteiger partial charge on any atom is 0.350 e. The summed E-state index contributed by atoms with van der Waals surface area (Å²) in [5.74, 6) is -0.358. The molecule has 2 aromatic rings. The molecule has 1 atom stereocenters. The maximum absolute atomic E-state index is 11.9. The predicted molar refractivity (Wildman–Crippen MR) is 96.5 cm³/mol. The van der Waals surface area contributed by atoms with Gasteiger partial charge >= 0.3 is 5.97 Å². The van der Waals surface area contributed by atoms with Crippen molar-refractivity contribution in [3.8, 4) is 0 Å². The van der Waals surface area contributed by atoms with Gasteiger partial charge in [0.05, 0.1) is 18.4 Å². The van der Waals surface area contributed by atoms with Gasteiger partial charge in [0.25, 0.3) is 0 Å². The van der Waals surface area contributed by atoms with Crippen molar-refractivity contribution in [1.29, 1.82) is 0 Å². The van der Waals surface area contributed by atoms with Crippen LogP contribution in [0.15, 0.2) is 36.5 Å². The van der Waals surface area contributed by atoms with Crippen LogP contribution in [-0.2, 0) is 11.3 Å². The first kappa shape index (κ1) is 18.4. The lowest BCUT2D eigenvalue weighted by atomic mass is 10.0. The van der Waals surface area contributed by atoms with Crippen molar-refractivity contribution in [1.82, 2.24) is 4.98 Å². The SMILES string of the molecule is CCOC(=O)c1cnc(N(Cc2ccccc2)CC(C)(O)CC)s1. The topological polar surface area (TPSA) is 62.7 Å². The molecule has 0 radical (unpaired) electrons. The lowest BCUT2D eigenvalue weighted by Gasteiger charge is -2.30. The van der Waals surface area contributed by atoms with Gasteiger partial charge in [-0.15, -0.1) is 0 Å². The zero-order chi connectivity index (χ0) is 17.6. The van der Waals surface area contributed by atoms with E-state index in [2.05, 4.69) is 4.98 Å². The highest BCUT2D eigenvalue weighted by atomic mass is 32.1. The summed E-state index contributed by atoms with van der Waals surface area (Å²) in [7, 11) is 0. The second kappa shape index (κ2) is 8.26. The van der Waals surface area contributed by atoms with Crippen LogP contribution < -0.4 is 4.90 Å². The Morgan fingerprint density at radius 1 is 1.33 bits per heavy atom. The summed E-state index contributed by atoms with van der Waals surface area (Å²) in [5.41, 5.74) is 0.294. The van der Waals surface area contributed by atoms with E-state index in [1.807, 2.05) is 49.1 Å². The molecule has 130 valence electrons. The van der Waals surface area contributed by atoms with Gasteiger partial charge in [-0.3, -0.25) is 0 Å². The van der Waals surface area contributed by atoms with E-state index in [9.17, 15) is 9.90 Å². The number of hydrogen-bond donors (Lipinski definition) is 1. The van der Waals surface area contributed by atoms with E-state index in [0.717, 1.165) is 5.56 Å². The van der Waals surface area contributed by atoms with Gasteiger partial charge < -0.3 is 14.7 Å². The molecule has 2 rings (SSSR count). The van der Waals surface area contributed by atoms with E-state index in [4.69, 9.17) is 4.74 Å². The number of nitrogens with zero attached hydrogens (tertiary/aromatic N) is 2. The van der Waals surface area contributed by atoms with Gasteiger partial charge in [-0.25, -0.2) is 9.78 Å². The van der Waals surface area contributed by atoms with E-state index in [1.54, 1.807) is 6.92 Å². The fourth-order valence-corrected chi connectivity index (χ4v) is 3.03. The first-order chi connectivity index (χ1) is 11.4. The van der Waals surface area contributed by atoms with Crippen LogP contribution in [0.5, 0.6) is 0 Å². The largest absolute Gasteiger partial charge is 0.462 e. The van der Waals surface area contributed by atoms with Crippen molar-refractivity contribution in [2.45, 2.75) is 39.3 Å². The summed E-state index contributed by atoms with van der Waals surface area (Å²) >= 11 is 1.29. The minimum absolute atomic E-state index is 0.338. The number of rotatable bonds is 8. The highest BCUT2D eigenvalue weighted by Gasteiger charge is 2.25. The van der Waals surface area contributed by atoms with Gasteiger partial charge in [0.15, 0.2) is 5.13 Å². The van der Waals surface area contributed by atoms with Crippen LogP contribution in [0.25, 0.3) is 0 Å². The van der Waals surface area contributed by atoms with Crippen LogP contribution in [0.1, 0.15) is 42.4 Å². The zero-order valence-corrected chi connectivity index (χ0v) is 15.2. The summed E-state index contributed by atoms with van der Waals surface area (Å²) in [4.78, 5) is 18.7. The molecule has 1 unspecified atom stereocenters. The Kier molecular flexibility index (Phi) is 6.34. The Hall–Kier alpha value is -1.92. The molecule has 0 aliphatic carbocycles. The second-order valence-corrected chi connectivity index (χ2v) is 6.93. The molecule has 0 spiro atoms. The molecule has 1 aromatic carbocycles. The summed E-state index contributed by atoms with van der Waals surface area (Å²) in [5, 5.41) is 11.2. The number of hydrogen-bond acceptors (Lipinski definition) is 6. The van der Waals surface area contributed by atoms with E-state index in [1.165, 1.54) is 17.5 Å². The summed E-state index contributed by atoms with van der Waals surface area (Å²) < 4.78 is 5.02. The van der Waals surface area contributed by atoms with Gasteiger partial charge in [0.2, 0.25) is 0 Å². The van der Waals surface area contributed by atoms with Crippen LogP contribution in [0.2, 0.25) is 0 Å². The number of thiazole rings is 1. The van der Waals surface area contributed by atoms with Crippen LogP contribution in [0.4, 0.5) is 5.13 Å². The predicted octanol–water partition coefficient (Wildman–Crippen LogP) is 3.49. The molecule has 0 saturated heterocycles. The standard InChI is InChI=1S/C18H24N2O3S/c1-4-18(3,22)13-20(12-14-9-7-6-8-10-14)17-19-11-15(24-17)16(21)23-5-2/h6-11,22H,4-5,12-13H2,1-3H3. The van der Waals surface area contributed by atoms with Gasteiger partial charge in [-0.2, -0.15) is 0 Å². The van der Waals surface area contributed by atoms with E-state index < -0.39 is 5.60 Å². The minimum atomic E-state index is -0.829. The summed E-state index contributed by atoms with van der Waals surface area (Å²) in [6.45, 7) is 6.93. The van der Waals surface area contributed by atoms with Crippen molar-refractivity contribution < 1.29 is 14.6 Å². The molecule has 0 amide bonds. The monoisotopic (exact) mass is 348 g/mol. The van der Waals surface area contributed by atoms with E-state index in [0.29, 0.717) is 36.1 Å². The summed E-state index contributed by atoms with van der Waals surface area (Å²) in [6, 6.07) is 10.0. The Labute approximate surface area is 146 Å². The number of aromatic nitrogens is 1. The molecule has 5 nitrogen and oxygen atoms in total. The van der Waals surface area contributed by atoms with Crippen LogP contribution in [0.3, 0.4) is 0 Å². The van der Waals surface area contributed by atoms with E-state index in [-0.39, 0.29) is 5.97 Å². The summed E-state index contributed by atoms with van der Waals surface area (Å²) in [6.07, 6.45) is 2.17. The molecular formula is C18H24N2O3S. The first-order valence-corrected chi connectivity index (χ1v) is 8.91. The fourth-order valence-electron chi connectivity index (χ4n) is 2.23. The van der Waals surface area contributed by atoms with Crippen LogP contribution in [0, 0.1) is 0 Å². The Morgan fingerprint density at radius 2 is 2.04 bits per heavy atom. The van der Waals surface area contributed by atoms with Crippen molar-refractivity contribution in [2.24, 2.45) is 0 Å². The van der Waals surface area contributed by atoms with Crippen molar-refractivity contribution in [3.63, 3.8) is 0 Å². The number of ether oxygens (including phenoxy) is 1. The van der Waals surface area contributed by atoms with Crippen LogP contribution in [-0.4, -0.2) is 34.8 Å². The lowest BCUT2D eigenvalue weighted by Crippen LogP contribution is -2.40. The molecule has 0 fully saturated rings. The zero-order valence-electron chi connectivity index (χ0n) is 14.4. The molecule has 24 heavy (non-hydrogen) atoms. The van der Waals surface area contributed by atoms with Gasteiger partial charge in [0, 0.05) is 13.1 Å². The average Bonchev–Trinajstić information content (AvgIpc) is 3.05. The number of esters is 1. The number of benzene rings is 1. The van der Waals surface area contributed by atoms with Crippen molar-refractivity contribution in [2.75, 3.05) is 18.1 Å². The van der Waals surface area contributed by atoms with Gasteiger partial charge in [-0.05, 0) is 25.8 Å². The molecule has 0 saturated carbocycles. The Morgan fingerprint density at radius 3 is 2.67 bits per heavy atom. The number of carbonyl (C=O) groups excluding carboxylic acids is 1. The maximum atomic E-state index is 11.9. The third-order valence-electron chi connectivity index (χ3n) is 3.75. The highest BCUT2D eigenvalue weighted by Crippen LogP contribution is 2.27. The molecule has 0 bridgehead atoms. The van der Waals surface area contributed by atoms with Crippen molar-refractivity contribution in [3.05, 3.63) is 47.0 Å². The van der Waals surface area contributed by atoms with Gasteiger partial charge in [-0.1, -0.05) is 48.6 Å².